The molecule has 0 heterocycles. The van der Waals surface area contributed by atoms with Crippen molar-refractivity contribution in [2.75, 3.05) is 13.6 Å². The maximum absolute atomic E-state index is 13.7. The average Bonchev–Trinajstić information content (AvgIpc) is 2.46. The summed E-state index contributed by atoms with van der Waals surface area (Å²) < 4.78 is 27.4. The number of aliphatic hydroxyl groups is 1. The smallest absolute Gasteiger partial charge is 0.131 e. The van der Waals surface area contributed by atoms with Crippen molar-refractivity contribution in [1.29, 1.82) is 0 Å². The summed E-state index contributed by atoms with van der Waals surface area (Å²) in [6, 6.07) is 10.1. The summed E-state index contributed by atoms with van der Waals surface area (Å²) in [5.41, 5.74) is 0.529. The molecule has 0 fully saturated rings. The van der Waals surface area contributed by atoms with Gasteiger partial charge < -0.3 is 10.2 Å². The Morgan fingerprint density at radius 1 is 1.09 bits per heavy atom. The lowest BCUT2D eigenvalue weighted by molar-refractivity contribution is 0.102. The number of phenolic OH excluding ortho intramolecular Hbond substituents is 1. The fourth-order valence-corrected chi connectivity index (χ4v) is 2.39. The van der Waals surface area contributed by atoms with Gasteiger partial charge in [-0.1, -0.05) is 18.2 Å². The number of halogens is 2. The van der Waals surface area contributed by atoms with E-state index in [4.69, 9.17) is 0 Å². The Hall–Kier alpha value is -1.98. The molecule has 0 aliphatic heterocycles. The lowest BCUT2D eigenvalue weighted by Crippen LogP contribution is -2.28. The van der Waals surface area contributed by atoms with Crippen molar-refractivity contribution in [3.8, 4) is 5.75 Å². The number of phenols is 1. The van der Waals surface area contributed by atoms with Crippen molar-refractivity contribution in [2.24, 2.45) is 0 Å². The first kappa shape index (κ1) is 16.4. The van der Waals surface area contributed by atoms with E-state index in [-0.39, 0.29) is 23.9 Å². The van der Waals surface area contributed by atoms with Crippen LogP contribution in [0.4, 0.5) is 8.78 Å². The van der Waals surface area contributed by atoms with Crippen molar-refractivity contribution in [2.45, 2.75) is 19.1 Å². The zero-order chi connectivity index (χ0) is 16.3. The van der Waals surface area contributed by atoms with Gasteiger partial charge in [-0.05, 0) is 43.8 Å². The number of aromatic hydroxyl groups is 1. The summed E-state index contributed by atoms with van der Waals surface area (Å²) in [5.74, 6) is -1.37. The zero-order valence-electron chi connectivity index (χ0n) is 12.5. The molecular formula is C17H19F2NO2. The molecule has 0 bridgehead atoms. The molecular weight excluding hydrogens is 288 g/mol. The third-order valence-electron chi connectivity index (χ3n) is 3.81. The average molecular weight is 307 g/mol. The maximum atomic E-state index is 13.7. The van der Waals surface area contributed by atoms with Gasteiger partial charge in [0.25, 0.3) is 0 Å². The lowest BCUT2D eigenvalue weighted by Gasteiger charge is -2.27. The molecule has 0 saturated carbocycles. The van der Waals surface area contributed by atoms with Gasteiger partial charge in [0.05, 0.1) is 11.7 Å². The van der Waals surface area contributed by atoms with Crippen molar-refractivity contribution in [1.82, 2.24) is 4.90 Å². The van der Waals surface area contributed by atoms with Crippen molar-refractivity contribution in [3.05, 3.63) is 65.2 Å². The van der Waals surface area contributed by atoms with Crippen LogP contribution in [0, 0.1) is 11.6 Å². The van der Waals surface area contributed by atoms with E-state index in [1.807, 2.05) is 13.0 Å². The number of hydrogen-bond donors (Lipinski definition) is 2. The summed E-state index contributed by atoms with van der Waals surface area (Å²) in [4.78, 5) is 1.77. The summed E-state index contributed by atoms with van der Waals surface area (Å²) in [6.07, 6.45) is -1.27. The quantitative estimate of drug-likeness (QED) is 0.890. The second-order valence-corrected chi connectivity index (χ2v) is 5.36. The minimum absolute atomic E-state index is 0.0642. The molecule has 2 aromatic carbocycles. The fourth-order valence-electron chi connectivity index (χ4n) is 2.39. The third kappa shape index (κ3) is 3.61. The molecule has 3 nitrogen and oxygen atoms in total. The van der Waals surface area contributed by atoms with E-state index in [1.165, 1.54) is 6.07 Å². The molecule has 0 radical (unpaired) electrons. The Morgan fingerprint density at radius 3 is 2.27 bits per heavy atom. The molecule has 118 valence electrons. The van der Waals surface area contributed by atoms with Gasteiger partial charge in [0.15, 0.2) is 0 Å². The maximum Gasteiger partial charge on any atom is 0.131 e. The Bertz CT molecular complexity index is 628. The number of hydrogen-bond acceptors (Lipinski definition) is 3. The van der Waals surface area contributed by atoms with Crippen LogP contribution in [0.1, 0.15) is 30.2 Å². The minimum atomic E-state index is -1.27. The highest BCUT2D eigenvalue weighted by Gasteiger charge is 2.22. The van der Waals surface area contributed by atoms with Gasteiger partial charge in [-0.25, -0.2) is 8.78 Å². The largest absolute Gasteiger partial charge is 0.508 e. The summed E-state index contributed by atoms with van der Waals surface area (Å²) in [5, 5.41) is 19.6. The molecule has 0 aliphatic carbocycles. The van der Waals surface area contributed by atoms with Crippen LogP contribution < -0.4 is 0 Å². The van der Waals surface area contributed by atoms with Crippen molar-refractivity contribution in [3.63, 3.8) is 0 Å². The Labute approximate surface area is 128 Å². The summed E-state index contributed by atoms with van der Waals surface area (Å²) >= 11 is 0. The predicted octanol–water partition coefficient (Wildman–Crippen LogP) is 3.40. The molecule has 5 heteroatoms. The van der Waals surface area contributed by atoms with Gasteiger partial charge in [0.2, 0.25) is 0 Å². The standard InChI is InChI=1S/C17H19F2NO2/c1-11(12-5-3-6-13(21)9-12)20(2)10-16(22)17-14(18)7-4-8-15(17)19/h3-9,11,16,21-22H,10H2,1-2H3. The van der Waals surface area contributed by atoms with Crippen LogP contribution >= 0.6 is 0 Å². The van der Waals surface area contributed by atoms with Gasteiger partial charge >= 0.3 is 0 Å². The number of nitrogens with zero attached hydrogens (tertiary/aromatic N) is 1. The number of benzene rings is 2. The lowest BCUT2D eigenvalue weighted by atomic mass is 10.0. The van der Waals surface area contributed by atoms with Crippen molar-refractivity contribution >= 4 is 0 Å². The summed E-state index contributed by atoms with van der Waals surface area (Å²) in [7, 11) is 1.75. The second kappa shape index (κ2) is 6.85. The van der Waals surface area contributed by atoms with Crippen LogP contribution in [0.15, 0.2) is 42.5 Å². The van der Waals surface area contributed by atoms with E-state index in [2.05, 4.69) is 0 Å². The highest BCUT2D eigenvalue weighted by Crippen LogP contribution is 2.26. The van der Waals surface area contributed by atoms with E-state index in [0.717, 1.165) is 17.7 Å². The molecule has 0 spiro atoms. The zero-order valence-corrected chi connectivity index (χ0v) is 12.5. The van der Waals surface area contributed by atoms with Crippen LogP contribution in [0.5, 0.6) is 5.75 Å². The highest BCUT2D eigenvalue weighted by atomic mass is 19.1. The normalized spacial score (nSPS) is 14.1. The molecule has 2 N–H and O–H groups in total. The molecule has 2 rings (SSSR count). The highest BCUT2D eigenvalue weighted by molar-refractivity contribution is 5.29. The van der Waals surface area contributed by atoms with Crippen molar-refractivity contribution < 1.29 is 19.0 Å². The number of rotatable bonds is 5. The topological polar surface area (TPSA) is 43.7 Å². The molecule has 0 saturated heterocycles. The van der Waals surface area contributed by atoms with Gasteiger partial charge in [0, 0.05) is 12.6 Å². The molecule has 0 aromatic heterocycles. The minimum Gasteiger partial charge on any atom is -0.508 e. The van der Waals surface area contributed by atoms with Crippen LogP contribution in [-0.4, -0.2) is 28.7 Å². The van der Waals surface area contributed by atoms with Crippen LogP contribution in [0.2, 0.25) is 0 Å². The van der Waals surface area contributed by atoms with E-state index < -0.39 is 17.7 Å². The molecule has 0 amide bonds. The van der Waals surface area contributed by atoms with E-state index >= 15 is 0 Å². The molecule has 2 unspecified atom stereocenters. The third-order valence-corrected chi connectivity index (χ3v) is 3.81. The first-order valence-corrected chi connectivity index (χ1v) is 7.01. The fraction of sp³-hybridized carbons (Fsp3) is 0.294. The molecule has 2 atom stereocenters. The predicted molar refractivity (Wildman–Crippen MR) is 80.5 cm³/mol. The summed E-state index contributed by atoms with van der Waals surface area (Å²) in [6.45, 7) is 1.95. The Morgan fingerprint density at radius 2 is 1.68 bits per heavy atom. The van der Waals surface area contributed by atoms with Crippen LogP contribution in [0.25, 0.3) is 0 Å². The van der Waals surface area contributed by atoms with E-state index in [9.17, 15) is 19.0 Å². The van der Waals surface area contributed by atoms with Gasteiger partial charge in [0.1, 0.15) is 17.4 Å². The first-order chi connectivity index (χ1) is 10.4. The molecule has 0 aliphatic rings. The van der Waals surface area contributed by atoms with Crippen LogP contribution in [-0.2, 0) is 0 Å². The SMILES string of the molecule is CC(c1cccc(O)c1)N(C)CC(O)c1c(F)cccc1F. The molecule has 22 heavy (non-hydrogen) atoms. The Kier molecular flexibility index (Phi) is 5.11. The van der Waals surface area contributed by atoms with E-state index in [0.29, 0.717) is 0 Å². The van der Waals surface area contributed by atoms with Crippen LogP contribution in [0.3, 0.4) is 0 Å². The van der Waals surface area contributed by atoms with Gasteiger partial charge in [-0.15, -0.1) is 0 Å². The second-order valence-electron chi connectivity index (χ2n) is 5.36. The van der Waals surface area contributed by atoms with Gasteiger partial charge in [-0.3, -0.25) is 4.90 Å². The number of likely N-dealkylation sites (N-methyl/N-ethyl adjacent to an activating group) is 1. The Balaban J connectivity index is 2.12. The first-order valence-electron chi connectivity index (χ1n) is 7.01. The monoisotopic (exact) mass is 307 g/mol. The van der Waals surface area contributed by atoms with E-state index in [1.54, 1.807) is 30.1 Å². The molecule has 2 aromatic rings. The van der Waals surface area contributed by atoms with Gasteiger partial charge in [-0.2, -0.15) is 0 Å². The number of aliphatic hydroxyl groups excluding tert-OH is 1.